The van der Waals surface area contributed by atoms with E-state index in [1.807, 2.05) is 43.3 Å². The predicted octanol–water partition coefficient (Wildman–Crippen LogP) is 4.08. The maximum absolute atomic E-state index is 12.7. The van der Waals surface area contributed by atoms with E-state index < -0.39 is 0 Å². The van der Waals surface area contributed by atoms with Crippen LogP contribution in [0.5, 0.6) is 5.75 Å². The van der Waals surface area contributed by atoms with Gasteiger partial charge in [-0.25, -0.2) is 0 Å². The van der Waals surface area contributed by atoms with E-state index in [1.54, 1.807) is 24.3 Å². The Kier molecular flexibility index (Phi) is 2.99. The standard InChI is InChI=1S/C18H14O2/c1-12-9-10-17(19)16(11-12)18(20)15-8-4-6-13-5-2-3-7-14(13)15/h2-11,19H,1H3. The minimum absolute atomic E-state index is 0.0218. The Hall–Kier alpha value is -2.61. The van der Waals surface area contributed by atoms with E-state index in [-0.39, 0.29) is 11.5 Å². The van der Waals surface area contributed by atoms with Gasteiger partial charge >= 0.3 is 0 Å². The fourth-order valence-corrected chi connectivity index (χ4v) is 2.40. The normalized spacial score (nSPS) is 10.7. The van der Waals surface area contributed by atoms with Crippen molar-refractivity contribution in [3.05, 3.63) is 77.4 Å². The van der Waals surface area contributed by atoms with Crippen molar-refractivity contribution in [2.75, 3.05) is 0 Å². The van der Waals surface area contributed by atoms with Crippen LogP contribution in [0.25, 0.3) is 10.8 Å². The highest BCUT2D eigenvalue weighted by atomic mass is 16.3. The van der Waals surface area contributed by atoms with E-state index in [2.05, 4.69) is 0 Å². The van der Waals surface area contributed by atoms with Gasteiger partial charge in [-0.3, -0.25) is 4.79 Å². The number of fused-ring (bicyclic) bond motifs is 1. The second-order valence-electron chi connectivity index (χ2n) is 4.88. The van der Waals surface area contributed by atoms with Gasteiger partial charge in [-0.05, 0) is 29.8 Å². The average Bonchev–Trinajstić information content (AvgIpc) is 2.48. The SMILES string of the molecule is Cc1ccc(O)c(C(=O)c2cccc3ccccc23)c1. The molecule has 20 heavy (non-hydrogen) atoms. The predicted molar refractivity (Wildman–Crippen MR) is 80.2 cm³/mol. The first-order valence-corrected chi connectivity index (χ1v) is 6.49. The lowest BCUT2D eigenvalue weighted by Gasteiger charge is -2.08. The summed E-state index contributed by atoms with van der Waals surface area (Å²) in [5, 5.41) is 11.8. The van der Waals surface area contributed by atoms with Crippen molar-refractivity contribution in [2.24, 2.45) is 0 Å². The molecule has 0 aliphatic rings. The van der Waals surface area contributed by atoms with Crippen LogP contribution in [-0.4, -0.2) is 10.9 Å². The number of phenolic OH excluding ortho intramolecular Hbond substituents is 1. The fourth-order valence-electron chi connectivity index (χ4n) is 2.40. The summed E-state index contributed by atoms with van der Waals surface area (Å²) in [5.41, 5.74) is 1.91. The fraction of sp³-hybridized carbons (Fsp3) is 0.0556. The third-order valence-corrected chi connectivity index (χ3v) is 3.43. The van der Waals surface area contributed by atoms with Crippen LogP contribution < -0.4 is 0 Å². The second-order valence-corrected chi connectivity index (χ2v) is 4.88. The van der Waals surface area contributed by atoms with Crippen LogP contribution in [0, 0.1) is 6.92 Å². The second kappa shape index (κ2) is 4.82. The van der Waals surface area contributed by atoms with Gasteiger partial charge in [0.25, 0.3) is 0 Å². The number of aryl methyl sites for hydroxylation is 1. The first-order chi connectivity index (χ1) is 9.66. The van der Waals surface area contributed by atoms with E-state index in [4.69, 9.17) is 0 Å². The van der Waals surface area contributed by atoms with Crippen molar-refractivity contribution in [3.63, 3.8) is 0 Å². The van der Waals surface area contributed by atoms with Crippen LogP contribution in [0.2, 0.25) is 0 Å². The minimum atomic E-state index is -0.150. The largest absolute Gasteiger partial charge is 0.507 e. The molecule has 0 bridgehead atoms. The van der Waals surface area contributed by atoms with Crippen LogP contribution in [0.15, 0.2) is 60.7 Å². The molecule has 1 N–H and O–H groups in total. The molecule has 0 fully saturated rings. The molecule has 0 radical (unpaired) electrons. The Morgan fingerprint density at radius 1 is 0.900 bits per heavy atom. The number of hydrogen-bond acceptors (Lipinski definition) is 2. The van der Waals surface area contributed by atoms with E-state index in [9.17, 15) is 9.90 Å². The molecule has 0 aliphatic carbocycles. The summed E-state index contributed by atoms with van der Waals surface area (Å²) in [6, 6.07) is 18.5. The van der Waals surface area contributed by atoms with E-state index in [1.165, 1.54) is 0 Å². The molecule has 0 aliphatic heterocycles. The summed E-state index contributed by atoms with van der Waals surface area (Å²) in [6.45, 7) is 1.90. The molecular formula is C18H14O2. The Morgan fingerprint density at radius 2 is 1.65 bits per heavy atom. The van der Waals surface area contributed by atoms with E-state index in [0.29, 0.717) is 11.1 Å². The van der Waals surface area contributed by atoms with Crippen LogP contribution in [0.3, 0.4) is 0 Å². The third kappa shape index (κ3) is 2.05. The smallest absolute Gasteiger partial charge is 0.197 e. The zero-order chi connectivity index (χ0) is 14.1. The summed E-state index contributed by atoms with van der Waals surface area (Å²) in [6.07, 6.45) is 0. The lowest BCUT2D eigenvalue weighted by molar-refractivity contribution is 0.103. The lowest BCUT2D eigenvalue weighted by Crippen LogP contribution is -2.03. The molecule has 3 aromatic rings. The molecule has 0 unspecified atom stereocenters. The van der Waals surface area contributed by atoms with Crippen LogP contribution >= 0.6 is 0 Å². The van der Waals surface area contributed by atoms with E-state index in [0.717, 1.165) is 16.3 Å². The molecular weight excluding hydrogens is 248 g/mol. The maximum Gasteiger partial charge on any atom is 0.197 e. The van der Waals surface area contributed by atoms with Gasteiger partial charge in [-0.15, -0.1) is 0 Å². The van der Waals surface area contributed by atoms with Gasteiger partial charge in [-0.1, -0.05) is 54.1 Å². The van der Waals surface area contributed by atoms with Gasteiger partial charge < -0.3 is 5.11 Å². The molecule has 0 saturated heterocycles. The number of ketones is 1. The number of carbonyl (C=O) groups excluding carboxylic acids is 1. The van der Waals surface area contributed by atoms with Gasteiger partial charge in [0.05, 0.1) is 5.56 Å². The molecule has 0 amide bonds. The molecule has 0 aromatic heterocycles. The summed E-state index contributed by atoms with van der Waals surface area (Å²) in [4.78, 5) is 12.7. The van der Waals surface area contributed by atoms with Crippen LogP contribution in [0.4, 0.5) is 0 Å². The number of carbonyl (C=O) groups is 1. The average molecular weight is 262 g/mol. The monoisotopic (exact) mass is 262 g/mol. The Labute approximate surface area is 117 Å². The number of phenols is 1. The van der Waals surface area contributed by atoms with Gasteiger partial charge in [0.1, 0.15) is 5.75 Å². The molecule has 98 valence electrons. The molecule has 2 nitrogen and oxygen atoms in total. The molecule has 0 spiro atoms. The summed E-state index contributed by atoms with van der Waals surface area (Å²) >= 11 is 0. The molecule has 2 heteroatoms. The number of hydrogen-bond donors (Lipinski definition) is 1. The van der Waals surface area contributed by atoms with Gasteiger partial charge in [-0.2, -0.15) is 0 Å². The first-order valence-electron chi connectivity index (χ1n) is 6.49. The highest BCUT2D eigenvalue weighted by Crippen LogP contribution is 2.26. The van der Waals surface area contributed by atoms with Crippen LogP contribution in [0.1, 0.15) is 21.5 Å². The number of aromatic hydroxyl groups is 1. The topological polar surface area (TPSA) is 37.3 Å². The zero-order valence-corrected chi connectivity index (χ0v) is 11.1. The Morgan fingerprint density at radius 3 is 2.50 bits per heavy atom. The summed E-state index contributed by atoms with van der Waals surface area (Å²) < 4.78 is 0. The van der Waals surface area contributed by atoms with Crippen LogP contribution in [-0.2, 0) is 0 Å². The molecule has 0 heterocycles. The quantitative estimate of drug-likeness (QED) is 0.706. The highest BCUT2D eigenvalue weighted by molar-refractivity contribution is 6.17. The van der Waals surface area contributed by atoms with Crippen molar-refractivity contribution < 1.29 is 9.90 Å². The zero-order valence-electron chi connectivity index (χ0n) is 11.1. The van der Waals surface area contributed by atoms with Crippen molar-refractivity contribution in [3.8, 4) is 5.75 Å². The minimum Gasteiger partial charge on any atom is -0.507 e. The van der Waals surface area contributed by atoms with Gasteiger partial charge in [0, 0.05) is 5.56 Å². The molecule has 0 saturated carbocycles. The Balaban J connectivity index is 2.20. The van der Waals surface area contributed by atoms with Crippen molar-refractivity contribution >= 4 is 16.6 Å². The molecule has 0 atom stereocenters. The maximum atomic E-state index is 12.7. The molecule has 3 rings (SSSR count). The number of rotatable bonds is 2. The highest BCUT2D eigenvalue weighted by Gasteiger charge is 2.15. The van der Waals surface area contributed by atoms with Gasteiger partial charge in [0.2, 0.25) is 0 Å². The van der Waals surface area contributed by atoms with Crippen molar-refractivity contribution in [1.82, 2.24) is 0 Å². The summed E-state index contributed by atoms with van der Waals surface area (Å²) in [7, 11) is 0. The Bertz CT molecular complexity index is 798. The van der Waals surface area contributed by atoms with Gasteiger partial charge in [0.15, 0.2) is 5.78 Å². The first kappa shape index (κ1) is 12.4. The molecule has 3 aromatic carbocycles. The van der Waals surface area contributed by atoms with E-state index >= 15 is 0 Å². The lowest BCUT2D eigenvalue weighted by atomic mass is 9.96. The summed E-state index contributed by atoms with van der Waals surface area (Å²) in [5.74, 6) is -0.128. The third-order valence-electron chi connectivity index (χ3n) is 3.43. The van der Waals surface area contributed by atoms with Crippen molar-refractivity contribution in [1.29, 1.82) is 0 Å². The van der Waals surface area contributed by atoms with Crippen molar-refractivity contribution in [2.45, 2.75) is 6.92 Å². The number of benzene rings is 3.